The summed E-state index contributed by atoms with van der Waals surface area (Å²) in [5, 5.41) is 13.0. The molecule has 1 amide bonds. The minimum absolute atomic E-state index is 0.121. The Labute approximate surface area is 171 Å². The number of halogens is 1. The number of carbonyl (C=O) groups excluding carboxylic acids is 1. The van der Waals surface area contributed by atoms with E-state index in [1.165, 1.54) is 28.5 Å². The quantitative estimate of drug-likeness (QED) is 0.740. The highest BCUT2D eigenvalue weighted by Crippen LogP contribution is 2.42. The molecule has 2 aromatic rings. The third-order valence-corrected chi connectivity index (χ3v) is 6.38. The number of rotatable bonds is 4. The molecule has 9 heteroatoms. The van der Waals surface area contributed by atoms with Crippen molar-refractivity contribution in [2.45, 2.75) is 49.3 Å². The second kappa shape index (κ2) is 7.79. The van der Waals surface area contributed by atoms with E-state index in [9.17, 15) is 19.1 Å². The Bertz CT molecular complexity index is 1020. The van der Waals surface area contributed by atoms with Gasteiger partial charge in [0.1, 0.15) is 17.2 Å². The molecule has 4 rings (SSSR count). The molecular weight excluding hydrogens is 397 g/mol. The van der Waals surface area contributed by atoms with Crippen molar-refractivity contribution < 1.29 is 19.0 Å². The summed E-state index contributed by atoms with van der Waals surface area (Å²) in [7, 11) is 0. The van der Waals surface area contributed by atoms with Gasteiger partial charge in [0.15, 0.2) is 5.69 Å². The number of hydrogen-bond donors (Lipinski definition) is 2. The van der Waals surface area contributed by atoms with Gasteiger partial charge in [-0.05, 0) is 49.6 Å². The monoisotopic (exact) mass is 419 g/mol. The largest absolute Gasteiger partial charge is 0.501 e. The number of nitrogens with one attached hydrogen (secondary N) is 1. The first kappa shape index (κ1) is 19.9. The minimum Gasteiger partial charge on any atom is -0.501 e. The van der Waals surface area contributed by atoms with Crippen molar-refractivity contribution in [3.05, 3.63) is 51.5 Å². The van der Waals surface area contributed by atoms with E-state index < -0.39 is 22.8 Å². The Morgan fingerprint density at radius 3 is 2.90 bits per heavy atom. The van der Waals surface area contributed by atoms with Gasteiger partial charge in [-0.2, -0.15) is 0 Å². The van der Waals surface area contributed by atoms with Crippen LogP contribution in [-0.4, -0.2) is 33.4 Å². The average molecular weight is 419 g/mol. The summed E-state index contributed by atoms with van der Waals surface area (Å²) in [6.45, 7) is 0.795. The molecule has 1 aromatic carbocycles. The van der Waals surface area contributed by atoms with Crippen LogP contribution in [0, 0.1) is 5.82 Å². The molecule has 0 unspecified atom stereocenters. The lowest BCUT2D eigenvalue weighted by molar-refractivity contribution is -0.0789. The molecule has 1 fully saturated rings. The highest BCUT2D eigenvalue weighted by atomic mass is 32.2. The number of carbonyl (C=O) groups is 1. The van der Waals surface area contributed by atoms with Crippen LogP contribution in [0.5, 0.6) is 5.75 Å². The van der Waals surface area contributed by atoms with E-state index in [4.69, 9.17) is 4.74 Å². The van der Waals surface area contributed by atoms with E-state index in [1.807, 2.05) is 6.26 Å². The molecule has 2 aliphatic rings. The van der Waals surface area contributed by atoms with Crippen LogP contribution >= 0.6 is 11.8 Å². The van der Waals surface area contributed by atoms with E-state index in [0.29, 0.717) is 23.9 Å². The lowest BCUT2D eigenvalue weighted by Gasteiger charge is -2.35. The molecule has 29 heavy (non-hydrogen) atoms. The fourth-order valence-electron chi connectivity index (χ4n) is 4.09. The number of ether oxygens (including phenoxy) is 1. The van der Waals surface area contributed by atoms with Crippen LogP contribution in [0.3, 0.4) is 0 Å². The van der Waals surface area contributed by atoms with E-state index in [2.05, 4.69) is 10.3 Å². The SMILES string of the molecule is CSc1cc(F)ccc1CNC(=O)c1nc2n(c(=O)c1O)CCOC21CCCC1. The highest BCUT2D eigenvalue weighted by molar-refractivity contribution is 7.98. The zero-order chi connectivity index (χ0) is 20.6. The number of benzene rings is 1. The minimum atomic E-state index is -0.664. The fourth-order valence-corrected chi connectivity index (χ4v) is 4.73. The van der Waals surface area contributed by atoms with Gasteiger partial charge in [-0.15, -0.1) is 11.8 Å². The zero-order valence-corrected chi connectivity index (χ0v) is 16.9. The molecule has 154 valence electrons. The molecule has 1 spiro atoms. The lowest BCUT2D eigenvalue weighted by Crippen LogP contribution is -2.44. The molecule has 2 heterocycles. The third kappa shape index (κ3) is 3.53. The molecule has 0 atom stereocenters. The molecule has 1 aromatic heterocycles. The van der Waals surface area contributed by atoms with Gasteiger partial charge in [-0.25, -0.2) is 9.37 Å². The Kier molecular flexibility index (Phi) is 5.35. The van der Waals surface area contributed by atoms with Crippen LogP contribution in [0.1, 0.15) is 47.6 Å². The Hall–Kier alpha value is -2.39. The number of amides is 1. The van der Waals surface area contributed by atoms with Crippen molar-refractivity contribution in [1.29, 1.82) is 0 Å². The van der Waals surface area contributed by atoms with E-state index in [0.717, 1.165) is 31.2 Å². The average Bonchev–Trinajstić information content (AvgIpc) is 3.18. The number of hydrogen-bond acceptors (Lipinski definition) is 6. The summed E-state index contributed by atoms with van der Waals surface area (Å²) < 4.78 is 20.8. The number of aromatic nitrogens is 2. The Morgan fingerprint density at radius 2 is 2.17 bits per heavy atom. The van der Waals surface area contributed by atoms with Crippen LogP contribution in [0.2, 0.25) is 0 Å². The number of thioether (sulfide) groups is 1. The van der Waals surface area contributed by atoms with Crippen molar-refractivity contribution >= 4 is 17.7 Å². The van der Waals surface area contributed by atoms with Crippen molar-refractivity contribution in [1.82, 2.24) is 14.9 Å². The predicted octanol–water partition coefficient (Wildman–Crippen LogP) is 2.54. The molecule has 2 N–H and O–H groups in total. The Balaban J connectivity index is 1.64. The normalized spacial score (nSPS) is 17.3. The van der Waals surface area contributed by atoms with Gasteiger partial charge >= 0.3 is 0 Å². The number of aromatic hydroxyl groups is 1. The van der Waals surface area contributed by atoms with Gasteiger partial charge in [0.2, 0.25) is 5.75 Å². The summed E-state index contributed by atoms with van der Waals surface area (Å²) in [5.41, 5.74) is -0.854. The third-order valence-electron chi connectivity index (χ3n) is 5.56. The topological polar surface area (TPSA) is 93.5 Å². The lowest BCUT2D eigenvalue weighted by atomic mass is 9.99. The van der Waals surface area contributed by atoms with Crippen molar-refractivity contribution in [3.63, 3.8) is 0 Å². The summed E-state index contributed by atoms with van der Waals surface area (Å²) in [5.74, 6) is -1.25. The standard InChI is InChI=1S/C20H22FN3O4S/c1-29-14-10-13(21)5-4-12(14)11-22-17(26)15-16(25)18(27)24-8-9-28-20(19(24)23-15)6-2-3-7-20/h4-5,10,25H,2-3,6-9,11H2,1H3,(H,22,26). The Morgan fingerprint density at radius 1 is 1.41 bits per heavy atom. The van der Waals surface area contributed by atoms with Gasteiger partial charge < -0.3 is 15.2 Å². The second-order valence-corrected chi connectivity index (χ2v) is 8.13. The molecule has 1 saturated carbocycles. The fraction of sp³-hybridized carbons (Fsp3) is 0.450. The maximum Gasteiger partial charge on any atom is 0.296 e. The van der Waals surface area contributed by atoms with Gasteiger partial charge in [0, 0.05) is 11.4 Å². The molecule has 0 saturated heterocycles. The maximum atomic E-state index is 13.4. The number of fused-ring (bicyclic) bond motifs is 2. The van der Waals surface area contributed by atoms with Gasteiger partial charge in [0.05, 0.1) is 13.2 Å². The highest BCUT2D eigenvalue weighted by Gasteiger charge is 2.44. The van der Waals surface area contributed by atoms with E-state index >= 15 is 0 Å². The van der Waals surface area contributed by atoms with Crippen molar-refractivity contribution in [3.8, 4) is 5.75 Å². The first-order chi connectivity index (χ1) is 13.9. The van der Waals surface area contributed by atoms with Gasteiger partial charge in [-0.1, -0.05) is 6.07 Å². The van der Waals surface area contributed by atoms with E-state index in [1.54, 1.807) is 6.07 Å². The summed E-state index contributed by atoms with van der Waals surface area (Å²) >= 11 is 1.37. The van der Waals surface area contributed by atoms with Crippen LogP contribution in [-0.2, 0) is 23.4 Å². The summed E-state index contributed by atoms with van der Waals surface area (Å²) in [6.07, 6.45) is 5.20. The molecule has 1 aliphatic heterocycles. The van der Waals surface area contributed by atoms with Crippen molar-refractivity contribution in [2.24, 2.45) is 0 Å². The van der Waals surface area contributed by atoms with Crippen LogP contribution in [0.4, 0.5) is 4.39 Å². The molecular formula is C20H22FN3O4S. The van der Waals surface area contributed by atoms with Crippen LogP contribution in [0.15, 0.2) is 27.9 Å². The first-order valence-electron chi connectivity index (χ1n) is 9.54. The number of nitrogens with zero attached hydrogens (tertiary/aromatic N) is 2. The second-order valence-electron chi connectivity index (χ2n) is 7.28. The first-order valence-corrected chi connectivity index (χ1v) is 10.8. The summed E-state index contributed by atoms with van der Waals surface area (Å²) in [6, 6.07) is 4.32. The molecule has 0 radical (unpaired) electrons. The molecule has 7 nitrogen and oxygen atoms in total. The van der Waals surface area contributed by atoms with Crippen LogP contribution in [0.25, 0.3) is 0 Å². The summed E-state index contributed by atoms with van der Waals surface area (Å²) in [4.78, 5) is 30.5. The van der Waals surface area contributed by atoms with E-state index in [-0.39, 0.29) is 18.1 Å². The molecule has 0 bridgehead atoms. The smallest absolute Gasteiger partial charge is 0.296 e. The van der Waals surface area contributed by atoms with Crippen molar-refractivity contribution in [2.75, 3.05) is 12.9 Å². The predicted molar refractivity (Wildman–Crippen MR) is 106 cm³/mol. The zero-order valence-electron chi connectivity index (χ0n) is 16.0. The van der Waals surface area contributed by atoms with Crippen LogP contribution < -0.4 is 10.9 Å². The molecule has 1 aliphatic carbocycles. The van der Waals surface area contributed by atoms with Gasteiger partial charge in [-0.3, -0.25) is 14.2 Å². The van der Waals surface area contributed by atoms with Gasteiger partial charge in [0.25, 0.3) is 11.5 Å². The maximum absolute atomic E-state index is 13.4.